The van der Waals surface area contributed by atoms with E-state index in [1.165, 1.54) is 31.5 Å². The summed E-state index contributed by atoms with van der Waals surface area (Å²) in [6.45, 7) is 0. The van der Waals surface area contributed by atoms with Gasteiger partial charge in [-0.05, 0) is 12.1 Å². The first kappa shape index (κ1) is 10.5. The van der Waals surface area contributed by atoms with Crippen molar-refractivity contribution in [2.45, 2.75) is 0 Å². The Morgan fingerprint density at radius 1 is 1.71 bits per heavy atom. The second-order valence-electron chi connectivity index (χ2n) is 2.49. The molecule has 0 saturated carbocycles. The van der Waals surface area contributed by atoms with Crippen molar-refractivity contribution in [3.8, 4) is 0 Å². The average Bonchev–Trinajstić information content (AvgIpc) is 2.16. The number of methoxy groups -OCH3 is 1. The molecule has 2 N–H and O–H groups in total. The highest BCUT2D eigenvalue weighted by Gasteiger charge is 1.98. The highest BCUT2D eigenvalue weighted by atomic mass is 35.5. The van der Waals surface area contributed by atoms with Gasteiger partial charge in [0.05, 0.1) is 7.11 Å². The van der Waals surface area contributed by atoms with Crippen LogP contribution in [0, 0.1) is 0 Å². The number of carbonyl (C=O) groups excluding carboxylic acids is 1. The number of carbonyl (C=O) groups is 1. The Kier molecular flexibility index (Phi) is 3.48. The van der Waals surface area contributed by atoms with Crippen LogP contribution in [0.5, 0.6) is 0 Å². The SMILES string of the molecule is COC(=O)C=Cc1cnc(Cl)cc1N. The van der Waals surface area contributed by atoms with E-state index in [1.54, 1.807) is 0 Å². The molecule has 0 spiro atoms. The molecule has 1 rings (SSSR count). The third kappa shape index (κ3) is 2.74. The maximum absolute atomic E-state index is 10.8. The van der Waals surface area contributed by atoms with Crippen LogP contribution >= 0.6 is 11.6 Å². The van der Waals surface area contributed by atoms with Gasteiger partial charge in [-0.15, -0.1) is 0 Å². The highest BCUT2D eigenvalue weighted by molar-refractivity contribution is 6.29. The van der Waals surface area contributed by atoms with Crippen LogP contribution < -0.4 is 5.73 Å². The van der Waals surface area contributed by atoms with Gasteiger partial charge in [0, 0.05) is 23.5 Å². The largest absolute Gasteiger partial charge is 0.466 e. The van der Waals surface area contributed by atoms with Crippen molar-refractivity contribution in [1.82, 2.24) is 4.98 Å². The third-order valence-corrected chi connectivity index (χ3v) is 1.74. The van der Waals surface area contributed by atoms with Gasteiger partial charge in [0.25, 0.3) is 0 Å². The molecule has 0 aromatic carbocycles. The van der Waals surface area contributed by atoms with E-state index < -0.39 is 5.97 Å². The van der Waals surface area contributed by atoms with Gasteiger partial charge in [0.15, 0.2) is 0 Å². The van der Waals surface area contributed by atoms with E-state index in [9.17, 15) is 4.79 Å². The number of aromatic nitrogens is 1. The summed E-state index contributed by atoms with van der Waals surface area (Å²) in [6, 6.07) is 1.51. The molecular formula is C9H9ClN2O2. The molecule has 0 saturated heterocycles. The molecule has 0 amide bonds. The van der Waals surface area contributed by atoms with Crippen LogP contribution in [0.1, 0.15) is 5.56 Å². The lowest BCUT2D eigenvalue weighted by molar-refractivity contribution is -0.134. The van der Waals surface area contributed by atoms with E-state index in [2.05, 4.69) is 9.72 Å². The van der Waals surface area contributed by atoms with Gasteiger partial charge in [-0.3, -0.25) is 0 Å². The molecule has 14 heavy (non-hydrogen) atoms. The van der Waals surface area contributed by atoms with Crippen LogP contribution in [0.25, 0.3) is 6.08 Å². The fraction of sp³-hybridized carbons (Fsp3) is 0.111. The zero-order chi connectivity index (χ0) is 10.6. The number of pyridine rings is 1. The number of anilines is 1. The molecule has 0 aliphatic heterocycles. The molecule has 0 aliphatic rings. The molecule has 4 nitrogen and oxygen atoms in total. The van der Waals surface area contributed by atoms with E-state index in [-0.39, 0.29) is 0 Å². The van der Waals surface area contributed by atoms with Gasteiger partial charge < -0.3 is 10.5 Å². The average molecular weight is 213 g/mol. The summed E-state index contributed by atoms with van der Waals surface area (Å²) in [5.41, 5.74) is 6.71. The summed E-state index contributed by atoms with van der Waals surface area (Å²) < 4.78 is 4.42. The van der Waals surface area contributed by atoms with Crippen molar-refractivity contribution in [2.75, 3.05) is 12.8 Å². The van der Waals surface area contributed by atoms with E-state index in [0.717, 1.165) is 0 Å². The topological polar surface area (TPSA) is 65.2 Å². The maximum Gasteiger partial charge on any atom is 0.330 e. The predicted molar refractivity (Wildman–Crippen MR) is 54.7 cm³/mol. The number of rotatable bonds is 2. The number of nitrogen functional groups attached to an aromatic ring is 1. The summed E-state index contributed by atoms with van der Waals surface area (Å²) in [6.07, 6.45) is 4.27. The van der Waals surface area contributed by atoms with Gasteiger partial charge in [-0.1, -0.05) is 11.6 Å². The minimum atomic E-state index is -0.445. The standard InChI is InChI=1S/C9H9ClN2O2/c1-14-9(13)3-2-6-5-12-8(10)4-7(6)11/h2-5H,1H3,(H2,11,12). The Balaban J connectivity index is 2.87. The van der Waals surface area contributed by atoms with Crippen LogP contribution in [0.15, 0.2) is 18.3 Å². The third-order valence-electron chi connectivity index (χ3n) is 1.54. The van der Waals surface area contributed by atoms with E-state index in [4.69, 9.17) is 17.3 Å². The smallest absolute Gasteiger partial charge is 0.330 e. The highest BCUT2D eigenvalue weighted by Crippen LogP contribution is 2.16. The number of esters is 1. The minimum absolute atomic E-state index is 0.317. The second-order valence-corrected chi connectivity index (χ2v) is 2.88. The molecule has 74 valence electrons. The van der Waals surface area contributed by atoms with Crippen molar-refractivity contribution in [3.63, 3.8) is 0 Å². The van der Waals surface area contributed by atoms with Crippen LogP contribution in [0.4, 0.5) is 5.69 Å². The van der Waals surface area contributed by atoms with E-state index >= 15 is 0 Å². The molecule has 0 bridgehead atoms. The van der Waals surface area contributed by atoms with Crippen molar-refractivity contribution < 1.29 is 9.53 Å². The fourth-order valence-corrected chi connectivity index (χ4v) is 0.986. The first-order valence-electron chi connectivity index (χ1n) is 3.80. The van der Waals surface area contributed by atoms with E-state index in [1.807, 2.05) is 0 Å². The van der Waals surface area contributed by atoms with Gasteiger partial charge in [-0.2, -0.15) is 0 Å². The van der Waals surface area contributed by atoms with E-state index in [0.29, 0.717) is 16.4 Å². The van der Waals surface area contributed by atoms with Gasteiger partial charge in [0.2, 0.25) is 0 Å². The Morgan fingerprint density at radius 2 is 2.43 bits per heavy atom. The Labute approximate surface area is 86.3 Å². The second kappa shape index (κ2) is 4.62. The maximum atomic E-state index is 10.8. The molecule has 5 heteroatoms. The zero-order valence-corrected chi connectivity index (χ0v) is 8.28. The number of nitrogens with zero attached hydrogens (tertiary/aromatic N) is 1. The van der Waals surface area contributed by atoms with Crippen molar-refractivity contribution >= 4 is 29.3 Å². The summed E-state index contributed by atoms with van der Waals surface area (Å²) in [7, 11) is 1.30. The Bertz CT molecular complexity index is 377. The number of ether oxygens (including phenoxy) is 1. The monoisotopic (exact) mass is 212 g/mol. The van der Waals surface area contributed by atoms with Crippen LogP contribution in [-0.4, -0.2) is 18.1 Å². The summed E-state index contributed by atoms with van der Waals surface area (Å²) >= 11 is 5.60. The summed E-state index contributed by atoms with van der Waals surface area (Å²) in [4.78, 5) is 14.6. The van der Waals surface area contributed by atoms with Crippen LogP contribution in [0.3, 0.4) is 0 Å². The number of nitrogens with two attached hydrogens (primary N) is 1. The molecule has 0 atom stereocenters. The number of halogens is 1. The van der Waals surface area contributed by atoms with Crippen LogP contribution in [0.2, 0.25) is 5.15 Å². The first-order valence-corrected chi connectivity index (χ1v) is 4.18. The normalized spacial score (nSPS) is 10.4. The molecule has 1 aromatic heterocycles. The Morgan fingerprint density at radius 3 is 3.00 bits per heavy atom. The molecular weight excluding hydrogens is 204 g/mol. The lowest BCUT2D eigenvalue weighted by Crippen LogP contribution is -1.95. The molecule has 0 unspecified atom stereocenters. The first-order chi connectivity index (χ1) is 6.63. The van der Waals surface area contributed by atoms with Crippen molar-refractivity contribution in [1.29, 1.82) is 0 Å². The predicted octanol–water partition coefficient (Wildman–Crippen LogP) is 1.50. The minimum Gasteiger partial charge on any atom is -0.466 e. The molecule has 0 radical (unpaired) electrons. The molecule has 0 fully saturated rings. The quantitative estimate of drug-likeness (QED) is 0.459. The molecule has 1 heterocycles. The van der Waals surface area contributed by atoms with Crippen LogP contribution in [-0.2, 0) is 9.53 Å². The molecule has 0 aliphatic carbocycles. The number of hydrogen-bond acceptors (Lipinski definition) is 4. The lowest BCUT2D eigenvalue weighted by atomic mass is 10.2. The van der Waals surface area contributed by atoms with Gasteiger partial charge >= 0.3 is 5.97 Å². The van der Waals surface area contributed by atoms with Gasteiger partial charge in [-0.25, -0.2) is 9.78 Å². The Hall–Kier alpha value is -1.55. The summed E-state index contributed by atoms with van der Waals surface area (Å²) in [5, 5.41) is 0.317. The van der Waals surface area contributed by atoms with Gasteiger partial charge in [0.1, 0.15) is 5.15 Å². The van der Waals surface area contributed by atoms with Crippen molar-refractivity contribution in [3.05, 3.63) is 29.1 Å². The lowest BCUT2D eigenvalue weighted by Gasteiger charge is -1.99. The van der Waals surface area contributed by atoms with Crippen molar-refractivity contribution in [2.24, 2.45) is 0 Å². The molecule has 1 aromatic rings. The zero-order valence-electron chi connectivity index (χ0n) is 7.53. The summed E-state index contributed by atoms with van der Waals surface area (Å²) in [5.74, 6) is -0.445. The number of hydrogen-bond donors (Lipinski definition) is 1. The fourth-order valence-electron chi connectivity index (χ4n) is 0.820.